The molecule has 2 heterocycles. The van der Waals surface area contributed by atoms with Crippen molar-refractivity contribution in [1.82, 2.24) is 15.3 Å². The minimum atomic E-state index is 0.118. The molecule has 1 fully saturated rings. The van der Waals surface area contributed by atoms with E-state index in [0.717, 1.165) is 37.8 Å². The van der Waals surface area contributed by atoms with Crippen molar-refractivity contribution in [3.8, 4) is 0 Å². The second-order valence-electron chi connectivity index (χ2n) is 5.41. The van der Waals surface area contributed by atoms with Crippen LogP contribution >= 0.6 is 0 Å². The van der Waals surface area contributed by atoms with Gasteiger partial charge in [-0.15, -0.1) is 0 Å². The second-order valence-corrected chi connectivity index (χ2v) is 5.41. The molecule has 0 unspecified atom stereocenters. The highest BCUT2D eigenvalue weighted by atomic mass is 16.5. The van der Waals surface area contributed by atoms with Gasteiger partial charge in [-0.3, -0.25) is 0 Å². The summed E-state index contributed by atoms with van der Waals surface area (Å²) in [6, 6.07) is 2.00. The van der Waals surface area contributed by atoms with Gasteiger partial charge in [0.1, 0.15) is 18.0 Å². The molecule has 2 rings (SSSR count). The van der Waals surface area contributed by atoms with E-state index in [1.54, 1.807) is 13.4 Å². The van der Waals surface area contributed by atoms with Gasteiger partial charge in [-0.05, 0) is 13.8 Å². The Kier molecular flexibility index (Phi) is 4.55. The predicted molar refractivity (Wildman–Crippen MR) is 76.7 cm³/mol. The Morgan fingerprint density at radius 2 is 2.32 bits per heavy atom. The first-order chi connectivity index (χ1) is 9.11. The van der Waals surface area contributed by atoms with Crippen LogP contribution in [0.5, 0.6) is 0 Å². The average molecular weight is 265 g/mol. The molecular weight excluding hydrogens is 242 g/mol. The van der Waals surface area contributed by atoms with Gasteiger partial charge in [-0.2, -0.15) is 0 Å². The van der Waals surface area contributed by atoms with Crippen LogP contribution in [0.15, 0.2) is 12.4 Å². The molecule has 6 nitrogen and oxygen atoms in total. The first-order valence-corrected chi connectivity index (χ1v) is 6.65. The third-order valence-corrected chi connectivity index (χ3v) is 3.16. The Labute approximate surface area is 114 Å². The molecule has 19 heavy (non-hydrogen) atoms. The Hall–Kier alpha value is -1.40. The van der Waals surface area contributed by atoms with Crippen LogP contribution in [0.3, 0.4) is 0 Å². The lowest BCUT2D eigenvalue weighted by atomic mass is 10.0. The first-order valence-electron chi connectivity index (χ1n) is 6.65. The highest BCUT2D eigenvalue weighted by molar-refractivity contribution is 5.49. The van der Waals surface area contributed by atoms with E-state index in [4.69, 9.17) is 4.74 Å². The summed E-state index contributed by atoms with van der Waals surface area (Å²) >= 11 is 0. The van der Waals surface area contributed by atoms with Crippen LogP contribution in [-0.2, 0) is 4.74 Å². The average Bonchev–Trinajstić information content (AvgIpc) is 2.38. The van der Waals surface area contributed by atoms with Gasteiger partial charge in [-0.1, -0.05) is 0 Å². The lowest BCUT2D eigenvalue weighted by molar-refractivity contribution is 0.210. The summed E-state index contributed by atoms with van der Waals surface area (Å²) in [5, 5.41) is 6.72. The highest BCUT2D eigenvalue weighted by Crippen LogP contribution is 2.19. The zero-order valence-electron chi connectivity index (χ0n) is 11.9. The SMILES string of the molecule is COCCNc1cc(N2CCNC(C)(C)C2)ncn1. The van der Waals surface area contributed by atoms with Crippen molar-refractivity contribution in [3.63, 3.8) is 0 Å². The van der Waals surface area contributed by atoms with Crippen LogP contribution in [0, 0.1) is 0 Å². The highest BCUT2D eigenvalue weighted by Gasteiger charge is 2.26. The second kappa shape index (κ2) is 6.16. The number of hydrogen-bond acceptors (Lipinski definition) is 6. The quantitative estimate of drug-likeness (QED) is 0.765. The van der Waals surface area contributed by atoms with Crippen molar-refractivity contribution in [3.05, 3.63) is 12.4 Å². The molecule has 2 N–H and O–H groups in total. The molecule has 6 heteroatoms. The van der Waals surface area contributed by atoms with Crippen molar-refractivity contribution >= 4 is 11.6 Å². The molecule has 0 bridgehead atoms. The van der Waals surface area contributed by atoms with E-state index in [1.165, 1.54) is 0 Å². The smallest absolute Gasteiger partial charge is 0.134 e. The third kappa shape index (κ3) is 4.04. The van der Waals surface area contributed by atoms with Crippen molar-refractivity contribution < 1.29 is 4.74 Å². The Balaban J connectivity index is 2.01. The van der Waals surface area contributed by atoms with Gasteiger partial charge in [0, 0.05) is 44.9 Å². The fourth-order valence-electron chi connectivity index (χ4n) is 2.23. The fraction of sp³-hybridized carbons (Fsp3) is 0.692. The molecule has 1 aliphatic rings. The van der Waals surface area contributed by atoms with Crippen LogP contribution in [0.25, 0.3) is 0 Å². The molecule has 0 radical (unpaired) electrons. The lowest BCUT2D eigenvalue weighted by Gasteiger charge is -2.39. The summed E-state index contributed by atoms with van der Waals surface area (Å²) in [6.45, 7) is 8.72. The minimum Gasteiger partial charge on any atom is -0.383 e. The van der Waals surface area contributed by atoms with E-state index in [1.807, 2.05) is 6.07 Å². The van der Waals surface area contributed by atoms with Crippen LogP contribution in [0.1, 0.15) is 13.8 Å². The standard InChI is InChI=1S/C13H23N5O/c1-13(2)9-18(6-4-17-13)12-8-11(15-10-16-12)14-5-7-19-3/h8,10,17H,4-7,9H2,1-3H3,(H,14,15,16). The van der Waals surface area contributed by atoms with E-state index in [0.29, 0.717) is 6.61 Å². The number of aromatic nitrogens is 2. The molecule has 0 saturated carbocycles. The van der Waals surface area contributed by atoms with Gasteiger partial charge in [0.2, 0.25) is 0 Å². The maximum atomic E-state index is 5.01. The maximum absolute atomic E-state index is 5.01. The molecule has 0 aliphatic carbocycles. The molecule has 1 aromatic rings. The number of rotatable bonds is 5. The molecular formula is C13H23N5O. The van der Waals surface area contributed by atoms with E-state index in [9.17, 15) is 0 Å². The molecule has 106 valence electrons. The Morgan fingerprint density at radius 1 is 1.47 bits per heavy atom. The van der Waals surface area contributed by atoms with Gasteiger partial charge in [0.05, 0.1) is 6.61 Å². The number of methoxy groups -OCH3 is 1. The normalized spacial score (nSPS) is 18.4. The van der Waals surface area contributed by atoms with Crippen molar-refractivity contribution in [2.24, 2.45) is 0 Å². The van der Waals surface area contributed by atoms with E-state index >= 15 is 0 Å². The summed E-state index contributed by atoms with van der Waals surface area (Å²) in [7, 11) is 1.69. The summed E-state index contributed by atoms with van der Waals surface area (Å²) in [5.74, 6) is 1.82. The van der Waals surface area contributed by atoms with Crippen LogP contribution in [0.2, 0.25) is 0 Å². The van der Waals surface area contributed by atoms with Crippen molar-refractivity contribution in [2.75, 3.05) is 50.1 Å². The van der Waals surface area contributed by atoms with Gasteiger partial charge >= 0.3 is 0 Å². The van der Waals surface area contributed by atoms with E-state index in [2.05, 4.69) is 39.3 Å². The minimum absolute atomic E-state index is 0.118. The zero-order chi connectivity index (χ0) is 13.7. The van der Waals surface area contributed by atoms with E-state index in [-0.39, 0.29) is 5.54 Å². The number of ether oxygens (including phenoxy) is 1. The Morgan fingerprint density at radius 3 is 3.05 bits per heavy atom. The zero-order valence-corrected chi connectivity index (χ0v) is 11.9. The summed E-state index contributed by atoms with van der Waals surface area (Å²) in [5.41, 5.74) is 0.118. The van der Waals surface area contributed by atoms with Crippen LogP contribution in [-0.4, -0.2) is 55.4 Å². The van der Waals surface area contributed by atoms with Gasteiger partial charge in [-0.25, -0.2) is 9.97 Å². The number of anilines is 2. The molecule has 0 amide bonds. The molecule has 1 saturated heterocycles. The number of nitrogens with zero attached hydrogens (tertiary/aromatic N) is 3. The largest absolute Gasteiger partial charge is 0.383 e. The van der Waals surface area contributed by atoms with Crippen LogP contribution < -0.4 is 15.5 Å². The summed E-state index contributed by atoms with van der Waals surface area (Å²) in [4.78, 5) is 10.9. The monoisotopic (exact) mass is 265 g/mol. The molecule has 1 aliphatic heterocycles. The van der Waals surface area contributed by atoms with E-state index < -0.39 is 0 Å². The predicted octanol–water partition coefficient (Wildman–Crippen LogP) is 0.723. The van der Waals surface area contributed by atoms with Gasteiger partial charge in [0.25, 0.3) is 0 Å². The summed E-state index contributed by atoms with van der Waals surface area (Å²) in [6.07, 6.45) is 1.61. The van der Waals surface area contributed by atoms with Crippen LogP contribution in [0.4, 0.5) is 11.6 Å². The molecule has 0 atom stereocenters. The van der Waals surface area contributed by atoms with Crippen molar-refractivity contribution in [2.45, 2.75) is 19.4 Å². The number of nitrogens with one attached hydrogen (secondary N) is 2. The maximum Gasteiger partial charge on any atom is 0.134 e. The number of hydrogen-bond donors (Lipinski definition) is 2. The van der Waals surface area contributed by atoms with Gasteiger partial charge < -0.3 is 20.3 Å². The lowest BCUT2D eigenvalue weighted by Crippen LogP contribution is -2.57. The van der Waals surface area contributed by atoms with Crippen molar-refractivity contribution in [1.29, 1.82) is 0 Å². The third-order valence-electron chi connectivity index (χ3n) is 3.16. The molecule has 0 spiro atoms. The van der Waals surface area contributed by atoms with Gasteiger partial charge in [0.15, 0.2) is 0 Å². The fourth-order valence-corrected chi connectivity index (χ4v) is 2.23. The number of piperazine rings is 1. The first kappa shape index (κ1) is 14.0. The Bertz CT molecular complexity index is 410. The summed E-state index contributed by atoms with van der Waals surface area (Å²) < 4.78 is 5.01. The molecule has 1 aromatic heterocycles. The topological polar surface area (TPSA) is 62.3 Å². The molecule has 0 aromatic carbocycles.